The largest absolute Gasteiger partial charge is 0.497 e. The Labute approximate surface area is 116 Å². The quantitative estimate of drug-likeness (QED) is 0.856. The lowest BCUT2D eigenvalue weighted by Gasteiger charge is -2.40. The number of benzene rings is 1. The topological polar surface area (TPSA) is 33.7 Å². The summed E-state index contributed by atoms with van der Waals surface area (Å²) in [5, 5.41) is 3.39. The Balaban J connectivity index is 3.25. The predicted octanol–water partition coefficient (Wildman–Crippen LogP) is 2.30. The van der Waals surface area contributed by atoms with E-state index in [0.717, 1.165) is 17.1 Å². The summed E-state index contributed by atoms with van der Waals surface area (Å²) >= 11 is 0. The molecule has 0 aromatic heterocycles. The minimum Gasteiger partial charge on any atom is -0.497 e. The first-order chi connectivity index (χ1) is 8.88. The van der Waals surface area contributed by atoms with Crippen LogP contribution in [0.1, 0.15) is 25.5 Å². The number of likely N-dealkylation sites (N-methyl/N-ethyl adjacent to an activating group) is 2. The zero-order chi connectivity index (χ0) is 14.6. The highest BCUT2D eigenvalue weighted by Gasteiger charge is 2.33. The Morgan fingerprint density at radius 1 is 1.16 bits per heavy atom. The van der Waals surface area contributed by atoms with Crippen LogP contribution < -0.4 is 14.8 Å². The molecular weight excluding hydrogens is 240 g/mol. The van der Waals surface area contributed by atoms with E-state index in [4.69, 9.17) is 9.47 Å². The molecule has 0 bridgehead atoms. The molecule has 0 aliphatic carbocycles. The SMILES string of the molecule is CNC(c1ccc(OC)cc1OC)C(C)(C)N(C)C. The van der Waals surface area contributed by atoms with E-state index in [0.29, 0.717) is 0 Å². The molecule has 1 N–H and O–H groups in total. The van der Waals surface area contributed by atoms with Gasteiger partial charge < -0.3 is 19.7 Å². The van der Waals surface area contributed by atoms with Crippen LogP contribution in [0.15, 0.2) is 18.2 Å². The van der Waals surface area contributed by atoms with Crippen molar-refractivity contribution in [3.8, 4) is 11.5 Å². The van der Waals surface area contributed by atoms with Crippen LogP contribution in [0.4, 0.5) is 0 Å². The van der Waals surface area contributed by atoms with Gasteiger partial charge in [0.1, 0.15) is 11.5 Å². The van der Waals surface area contributed by atoms with E-state index in [1.165, 1.54) is 0 Å². The van der Waals surface area contributed by atoms with Gasteiger partial charge in [-0.1, -0.05) is 0 Å². The van der Waals surface area contributed by atoms with E-state index in [-0.39, 0.29) is 11.6 Å². The molecule has 1 aromatic carbocycles. The van der Waals surface area contributed by atoms with Crippen LogP contribution in [-0.2, 0) is 0 Å². The molecule has 1 unspecified atom stereocenters. The molecule has 0 amide bonds. The van der Waals surface area contributed by atoms with Gasteiger partial charge >= 0.3 is 0 Å². The highest BCUT2D eigenvalue weighted by molar-refractivity contribution is 5.43. The minimum atomic E-state index is -0.0450. The van der Waals surface area contributed by atoms with Gasteiger partial charge in [-0.3, -0.25) is 0 Å². The number of hydrogen-bond donors (Lipinski definition) is 1. The second kappa shape index (κ2) is 6.26. The van der Waals surface area contributed by atoms with E-state index in [9.17, 15) is 0 Å². The molecule has 4 heteroatoms. The third-order valence-electron chi connectivity index (χ3n) is 3.90. The molecular formula is C15H26N2O2. The van der Waals surface area contributed by atoms with Crippen molar-refractivity contribution in [3.05, 3.63) is 23.8 Å². The van der Waals surface area contributed by atoms with Crippen molar-refractivity contribution in [2.75, 3.05) is 35.4 Å². The molecule has 0 spiro atoms. The Morgan fingerprint density at radius 2 is 1.79 bits per heavy atom. The number of nitrogens with one attached hydrogen (secondary N) is 1. The van der Waals surface area contributed by atoms with Crippen LogP contribution in [0.2, 0.25) is 0 Å². The second-order valence-electron chi connectivity index (χ2n) is 5.38. The fourth-order valence-electron chi connectivity index (χ4n) is 2.20. The van der Waals surface area contributed by atoms with E-state index in [2.05, 4.69) is 44.2 Å². The van der Waals surface area contributed by atoms with Gasteiger partial charge in [-0.25, -0.2) is 0 Å². The summed E-state index contributed by atoms with van der Waals surface area (Å²) in [6, 6.07) is 6.10. The van der Waals surface area contributed by atoms with Gasteiger partial charge in [0.15, 0.2) is 0 Å². The fourth-order valence-corrected chi connectivity index (χ4v) is 2.20. The van der Waals surface area contributed by atoms with E-state index >= 15 is 0 Å². The average Bonchev–Trinajstić information content (AvgIpc) is 2.39. The summed E-state index contributed by atoms with van der Waals surface area (Å²) < 4.78 is 10.8. The van der Waals surface area contributed by atoms with Gasteiger partial charge in [0.2, 0.25) is 0 Å². The lowest BCUT2D eigenvalue weighted by molar-refractivity contribution is 0.141. The first-order valence-corrected chi connectivity index (χ1v) is 6.45. The van der Waals surface area contributed by atoms with Crippen molar-refractivity contribution < 1.29 is 9.47 Å². The molecule has 19 heavy (non-hydrogen) atoms. The van der Waals surface area contributed by atoms with E-state index < -0.39 is 0 Å². The third kappa shape index (κ3) is 3.19. The maximum absolute atomic E-state index is 5.51. The van der Waals surface area contributed by atoms with Gasteiger partial charge in [-0.05, 0) is 47.1 Å². The van der Waals surface area contributed by atoms with Crippen molar-refractivity contribution in [1.29, 1.82) is 0 Å². The lowest BCUT2D eigenvalue weighted by Crippen LogP contribution is -2.48. The van der Waals surface area contributed by atoms with Crippen molar-refractivity contribution in [1.82, 2.24) is 10.2 Å². The number of methoxy groups -OCH3 is 2. The molecule has 1 aromatic rings. The fraction of sp³-hybridized carbons (Fsp3) is 0.600. The Morgan fingerprint density at radius 3 is 2.21 bits per heavy atom. The monoisotopic (exact) mass is 266 g/mol. The van der Waals surface area contributed by atoms with Crippen LogP contribution in [0.3, 0.4) is 0 Å². The molecule has 0 heterocycles. The molecule has 4 nitrogen and oxygen atoms in total. The van der Waals surface area contributed by atoms with E-state index in [1.54, 1.807) is 14.2 Å². The standard InChI is InChI=1S/C15H26N2O2/c1-15(2,17(4)5)14(16-3)12-9-8-11(18-6)10-13(12)19-7/h8-10,14,16H,1-7H3. The Hall–Kier alpha value is -1.26. The van der Waals surface area contributed by atoms with Crippen molar-refractivity contribution in [2.24, 2.45) is 0 Å². The average molecular weight is 266 g/mol. The summed E-state index contributed by atoms with van der Waals surface area (Å²) in [6.45, 7) is 4.41. The molecule has 0 saturated carbocycles. The van der Waals surface area contributed by atoms with E-state index in [1.807, 2.05) is 19.2 Å². The second-order valence-corrected chi connectivity index (χ2v) is 5.38. The molecule has 108 valence electrons. The normalized spacial score (nSPS) is 13.5. The zero-order valence-electron chi connectivity index (χ0n) is 13.1. The van der Waals surface area contributed by atoms with Crippen molar-refractivity contribution in [3.63, 3.8) is 0 Å². The lowest BCUT2D eigenvalue weighted by atomic mass is 9.87. The van der Waals surface area contributed by atoms with Gasteiger partial charge in [-0.15, -0.1) is 0 Å². The smallest absolute Gasteiger partial charge is 0.127 e. The number of hydrogen-bond acceptors (Lipinski definition) is 4. The first kappa shape index (κ1) is 15.8. The highest BCUT2D eigenvalue weighted by Crippen LogP contribution is 2.36. The molecule has 1 atom stereocenters. The maximum Gasteiger partial charge on any atom is 0.127 e. The Kier molecular flexibility index (Phi) is 5.20. The van der Waals surface area contributed by atoms with Gasteiger partial charge in [-0.2, -0.15) is 0 Å². The molecule has 0 aliphatic rings. The maximum atomic E-state index is 5.51. The van der Waals surface area contributed by atoms with Crippen LogP contribution in [0, 0.1) is 0 Å². The Bertz CT molecular complexity index is 417. The van der Waals surface area contributed by atoms with Gasteiger partial charge in [0.05, 0.1) is 20.3 Å². The minimum absolute atomic E-state index is 0.0450. The molecule has 0 fully saturated rings. The van der Waals surface area contributed by atoms with Crippen molar-refractivity contribution >= 4 is 0 Å². The summed E-state index contributed by atoms with van der Waals surface area (Å²) in [4.78, 5) is 2.21. The van der Waals surface area contributed by atoms with Crippen LogP contribution in [0.25, 0.3) is 0 Å². The highest BCUT2D eigenvalue weighted by atomic mass is 16.5. The van der Waals surface area contributed by atoms with Gasteiger partial charge in [0, 0.05) is 17.2 Å². The zero-order valence-corrected chi connectivity index (χ0v) is 13.1. The molecule has 1 rings (SSSR count). The molecule has 0 aliphatic heterocycles. The first-order valence-electron chi connectivity index (χ1n) is 6.45. The van der Waals surface area contributed by atoms with Crippen LogP contribution >= 0.6 is 0 Å². The number of ether oxygens (including phenoxy) is 2. The van der Waals surface area contributed by atoms with Crippen LogP contribution in [-0.4, -0.2) is 45.8 Å². The summed E-state index contributed by atoms with van der Waals surface area (Å²) in [5.41, 5.74) is 1.08. The predicted molar refractivity (Wildman–Crippen MR) is 79.1 cm³/mol. The van der Waals surface area contributed by atoms with Gasteiger partial charge in [0.25, 0.3) is 0 Å². The summed E-state index contributed by atoms with van der Waals surface area (Å²) in [7, 11) is 9.49. The summed E-state index contributed by atoms with van der Waals surface area (Å²) in [5.74, 6) is 1.65. The molecule has 0 saturated heterocycles. The molecule has 0 radical (unpaired) electrons. The van der Waals surface area contributed by atoms with Crippen molar-refractivity contribution in [2.45, 2.75) is 25.4 Å². The van der Waals surface area contributed by atoms with Crippen LogP contribution in [0.5, 0.6) is 11.5 Å². The number of nitrogens with zero attached hydrogens (tertiary/aromatic N) is 1. The summed E-state index contributed by atoms with van der Waals surface area (Å²) in [6.07, 6.45) is 0. The number of rotatable bonds is 6. The third-order valence-corrected chi connectivity index (χ3v) is 3.90.